The maximum Gasteiger partial charge on any atom is 0.159 e. The summed E-state index contributed by atoms with van der Waals surface area (Å²) >= 11 is 0. The first kappa shape index (κ1) is 15.7. The Bertz CT molecular complexity index is 1190. The third-order valence-electron chi connectivity index (χ3n) is 5.09. The van der Waals surface area contributed by atoms with Crippen LogP contribution in [0.2, 0.25) is 0 Å². The van der Waals surface area contributed by atoms with Crippen LogP contribution in [0.5, 0.6) is 0 Å². The number of hydrogen-bond acceptors (Lipinski definition) is 2. The summed E-state index contributed by atoms with van der Waals surface area (Å²) in [5, 5.41) is 3.84. The number of benzene rings is 3. The van der Waals surface area contributed by atoms with E-state index in [0.717, 1.165) is 17.5 Å². The second-order valence-electron chi connectivity index (χ2n) is 6.70. The van der Waals surface area contributed by atoms with Gasteiger partial charge in [0.2, 0.25) is 0 Å². The quantitative estimate of drug-likeness (QED) is 0.335. The minimum absolute atomic E-state index is 0.810. The van der Waals surface area contributed by atoms with E-state index in [4.69, 9.17) is 0 Å². The molecule has 0 N–H and O–H groups in total. The van der Waals surface area contributed by atoms with Crippen molar-refractivity contribution in [1.82, 2.24) is 9.97 Å². The van der Waals surface area contributed by atoms with Crippen molar-refractivity contribution in [2.75, 3.05) is 0 Å². The van der Waals surface area contributed by atoms with E-state index in [9.17, 15) is 0 Å². The van der Waals surface area contributed by atoms with Gasteiger partial charge >= 0.3 is 0 Å². The third-order valence-corrected chi connectivity index (χ3v) is 5.09. The van der Waals surface area contributed by atoms with Gasteiger partial charge in [-0.1, -0.05) is 60.7 Å². The third kappa shape index (κ3) is 2.85. The summed E-state index contributed by atoms with van der Waals surface area (Å²) in [6.45, 7) is 0. The van der Waals surface area contributed by atoms with E-state index in [1.54, 1.807) is 12.4 Å². The average molecular weight is 346 g/mol. The maximum absolute atomic E-state index is 4.07. The van der Waals surface area contributed by atoms with Crippen molar-refractivity contribution in [3.8, 4) is 11.1 Å². The molecule has 0 fully saturated rings. The fraction of sp³-hybridized carbons (Fsp3) is 0.0400. The monoisotopic (exact) mass is 346 g/mol. The lowest BCUT2D eigenvalue weighted by molar-refractivity contribution is 1.28. The number of fused-ring (bicyclic) bond motifs is 6. The zero-order chi connectivity index (χ0) is 18.1. The fourth-order valence-corrected chi connectivity index (χ4v) is 3.81. The van der Waals surface area contributed by atoms with Crippen LogP contribution >= 0.6 is 0 Å². The van der Waals surface area contributed by atoms with Gasteiger partial charge in [0, 0.05) is 17.8 Å². The van der Waals surface area contributed by atoms with Crippen molar-refractivity contribution in [3.05, 3.63) is 108 Å². The van der Waals surface area contributed by atoms with Gasteiger partial charge < -0.3 is 0 Å². The molecular formula is C25H18N2. The highest BCUT2D eigenvalue weighted by Gasteiger charge is 2.19. The molecule has 0 atom stereocenters. The molecule has 1 aliphatic carbocycles. The van der Waals surface area contributed by atoms with E-state index in [1.165, 1.54) is 33.0 Å². The van der Waals surface area contributed by atoms with Crippen molar-refractivity contribution in [2.45, 2.75) is 6.42 Å². The zero-order valence-electron chi connectivity index (χ0n) is 14.8. The Morgan fingerprint density at radius 2 is 1.26 bits per heavy atom. The molecule has 27 heavy (non-hydrogen) atoms. The summed E-state index contributed by atoms with van der Waals surface area (Å²) in [5.41, 5.74) is 6.58. The summed E-state index contributed by atoms with van der Waals surface area (Å²) in [6.07, 6.45) is 4.57. The molecule has 0 amide bonds. The van der Waals surface area contributed by atoms with Gasteiger partial charge in [-0.2, -0.15) is 0 Å². The predicted molar refractivity (Wildman–Crippen MR) is 112 cm³/mol. The molecule has 6 rings (SSSR count). The van der Waals surface area contributed by atoms with Crippen molar-refractivity contribution >= 4 is 21.8 Å². The molecule has 2 heterocycles. The highest BCUT2D eigenvalue weighted by molar-refractivity contribution is 5.95. The van der Waals surface area contributed by atoms with E-state index < -0.39 is 0 Å². The first-order valence-corrected chi connectivity index (χ1v) is 9.15. The molecule has 0 saturated heterocycles. The number of aromatic nitrogens is 2. The lowest BCUT2D eigenvalue weighted by Crippen LogP contribution is -1.83. The van der Waals surface area contributed by atoms with Crippen LogP contribution in [0.1, 0.15) is 11.1 Å². The molecule has 0 aliphatic heterocycles. The molecule has 0 unspecified atom stereocenters. The van der Waals surface area contributed by atoms with Gasteiger partial charge in [-0.3, -0.25) is 0 Å². The van der Waals surface area contributed by atoms with Crippen LogP contribution in [-0.4, -0.2) is 9.97 Å². The molecule has 2 aromatic heterocycles. The summed E-state index contributed by atoms with van der Waals surface area (Å²) < 4.78 is 0. The number of nitrogens with zero attached hydrogens (tertiary/aromatic N) is 2. The lowest BCUT2D eigenvalue weighted by atomic mass is 9.99. The van der Waals surface area contributed by atoms with Crippen molar-refractivity contribution in [2.24, 2.45) is 0 Å². The van der Waals surface area contributed by atoms with Crippen molar-refractivity contribution in [3.63, 3.8) is 0 Å². The lowest BCUT2D eigenvalue weighted by Gasteiger charge is -2.05. The van der Waals surface area contributed by atoms with Crippen molar-refractivity contribution < 1.29 is 0 Å². The van der Waals surface area contributed by atoms with E-state index in [-0.39, 0.29) is 0 Å². The zero-order valence-corrected chi connectivity index (χ0v) is 14.8. The van der Waals surface area contributed by atoms with Gasteiger partial charge in [0.1, 0.15) is 0 Å². The van der Waals surface area contributed by atoms with E-state index in [1.807, 2.05) is 24.3 Å². The number of hydrogen-bond donors (Lipinski definition) is 0. The Kier molecular flexibility index (Phi) is 3.87. The summed E-state index contributed by atoms with van der Waals surface area (Å²) in [7, 11) is 0. The smallest absolute Gasteiger partial charge is 0.159 e. The van der Waals surface area contributed by atoms with Crippen LogP contribution < -0.4 is 0 Å². The molecule has 2 nitrogen and oxygen atoms in total. The van der Waals surface area contributed by atoms with Crippen LogP contribution in [0.4, 0.5) is 0 Å². The van der Waals surface area contributed by atoms with Gasteiger partial charge in [-0.25, -0.2) is 9.97 Å². The largest absolute Gasteiger partial charge is 0.237 e. The van der Waals surface area contributed by atoms with Crippen LogP contribution in [-0.2, 0) is 6.42 Å². The molecule has 0 radical (unpaired) electrons. The summed E-state index contributed by atoms with van der Waals surface area (Å²) in [6, 6.07) is 29.7. The van der Waals surface area contributed by atoms with E-state index in [0.29, 0.717) is 0 Å². The Hall–Kier alpha value is -3.52. The molecule has 5 aromatic rings. The number of pyridine rings is 2. The van der Waals surface area contributed by atoms with Crippen LogP contribution in [0.3, 0.4) is 0 Å². The highest BCUT2D eigenvalue weighted by Crippen LogP contribution is 2.39. The molecule has 128 valence electrons. The standard InChI is InChI=1S/C17H12.C8H6N2/c1-3-7-14-12(5-1)9-10-16-15-8-4-2-6-13(15)11-17(14)16;1-3-7-4-2-6-10-8(7)9-5-1/h1-10H,11H2;1-6H. The summed E-state index contributed by atoms with van der Waals surface area (Å²) in [4.78, 5) is 8.14. The van der Waals surface area contributed by atoms with E-state index >= 15 is 0 Å². The van der Waals surface area contributed by atoms with Gasteiger partial charge in [-0.05, 0) is 63.7 Å². The van der Waals surface area contributed by atoms with Gasteiger partial charge in [-0.15, -0.1) is 0 Å². The summed E-state index contributed by atoms with van der Waals surface area (Å²) in [5.74, 6) is 0. The topological polar surface area (TPSA) is 25.8 Å². The Morgan fingerprint density at radius 3 is 2.07 bits per heavy atom. The molecule has 3 aromatic carbocycles. The van der Waals surface area contributed by atoms with Crippen molar-refractivity contribution in [1.29, 1.82) is 0 Å². The fourth-order valence-electron chi connectivity index (χ4n) is 3.81. The molecule has 1 aliphatic rings. The van der Waals surface area contributed by atoms with Gasteiger partial charge in [0.25, 0.3) is 0 Å². The Balaban J connectivity index is 0.000000137. The van der Waals surface area contributed by atoms with Crippen LogP contribution in [0, 0.1) is 0 Å². The average Bonchev–Trinajstić information content (AvgIpc) is 3.14. The first-order valence-electron chi connectivity index (χ1n) is 9.15. The first-order chi connectivity index (χ1) is 13.4. The Labute approximate surface area is 158 Å². The molecule has 0 saturated carbocycles. The van der Waals surface area contributed by atoms with Crippen LogP contribution in [0.25, 0.3) is 32.9 Å². The second kappa shape index (κ2) is 6.65. The minimum atomic E-state index is 0.810. The van der Waals surface area contributed by atoms with E-state index in [2.05, 4.69) is 70.6 Å². The van der Waals surface area contributed by atoms with Gasteiger partial charge in [0.05, 0.1) is 0 Å². The predicted octanol–water partition coefficient (Wildman–Crippen LogP) is 6.04. The molecular weight excluding hydrogens is 328 g/mol. The molecule has 2 heteroatoms. The SMILES string of the molecule is c1ccc2c(c1)Cc1c-2ccc2ccccc12.c1cnc2ncccc2c1. The van der Waals surface area contributed by atoms with Crippen LogP contribution in [0.15, 0.2) is 97.3 Å². The molecule has 0 spiro atoms. The maximum atomic E-state index is 4.07. The Morgan fingerprint density at radius 1 is 0.556 bits per heavy atom. The normalized spacial score (nSPS) is 11.6. The van der Waals surface area contributed by atoms with Gasteiger partial charge in [0.15, 0.2) is 5.65 Å². The molecule has 0 bridgehead atoms. The second-order valence-corrected chi connectivity index (χ2v) is 6.70. The highest BCUT2D eigenvalue weighted by atomic mass is 14.8. The number of rotatable bonds is 0. The minimum Gasteiger partial charge on any atom is -0.237 e.